The molecular weight excluding hydrogens is 214 g/mol. The van der Waals surface area contributed by atoms with Gasteiger partial charge in [0.15, 0.2) is 0 Å². The van der Waals surface area contributed by atoms with Gasteiger partial charge in [-0.25, -0.2) is 0 Å². The van der Waals surface area contributed by atoms with Crippen molar-refractivity contribution >= 4 is 5.82 Å². The van der Waals surface area contributed by atoms with Crippen LogP contribution in [-0.4, -0.2) is 27.8 Å². The van der Waals surface area contributed by atoms with Crippen molar-refractivity contribution < 1.29 is 0 Å². The van der Waals surface area contributed by atoms with Crippen molar-refractivity contribution in [1.82, 2.24) is 15.2 Å². The van der Waals surface area contributed by atoms with Crippen LogP contribution in [0, 0.1) is 0 Å². The molecule has 0 aliphatic carbocycles. The second kappa shape index (κ2) is 5.36. The molecule has 0 spiro atoms. The zero-order valence-electron chi connectivity index (χ0n) is 9.67. The highest BCUT2D eigenvalue weighted by atomic mass is 15.2. The second-order valence-corrected chi connectivity index (χ2v) is 3.90. The maximum absolute atomic E-state index is 5.64. The average molecular weight is 229 g/mol. The first-order valence-electron chi connectivity index (χ1n) is 5.49. The third kappa shape index (κ3) is 3.22. The molecule has 2 rings (SSSR count). The van der Waals surface area contributed by atoms with Crippen LogP contribution in [0.25, 0.3) is 11.3 Å². The van der Waals surface area contributed by atoms with Gasteiger partial charge in [-0.15, -0.1) is 10.2 Å². The molecule has 88 valence electrons. The molecule has 2 aromatic rings. The van der Waals surface area contributed by atoms with Crippen molar-refractivity contribution in [2.45, 2.75) is 13.0 Å². The third-order valence-electron chi connectivity index (χ3n) is 2.25. The first kappa shape index (κ1) is 11.5. The minimum absolute atomic E-state index is 0.0941. The van der Waals surface area contributed by atoms with Crippen molar-refractivity contribution in [2.24, 2.45) is 5.73 Å². The van der Waals surface area contributed by atoms with Crippen LogP contribution in [0.1, 0.15) is 6.92 Å². The monoisotopic (exact) mass is 229 g/mol. The third-order valence-corrected chi connectivity index (χ3v) is 2.25. The molecule has 2 heterocycles. The molecule has 0 radical (unpaired) electrons. The number of hydrogen-bond acceptors (Lipinski definition) is 5. The zero-order valence-corrected chi connectivity index (χ0v) is 9.67. The molecule has 0 aromatic carbocycles. The summed E-state index contributed by atoms with van der Waals surface area (Å²) in [5.41, 5.74) is 7.48. The highest BCUT2D eigenvalue weighted by molar-refractivity contribution is 5.58. The van der Waals surface area contributed by atoms with Gasteiger partial charge in [-0.2, -0.15) is 0 Å². The highest BCUT2D eigenvalue weighted by Crippen LogP contribution is 2.15. The first-order chi connectivity index (χ1) is 8.25. The van der Waals surface area contributed by atoms with E-state index in [2.05, 4.69) is 20.5 Å². The summed E-state index contributed by atoms with van der Waals surface area (Å²) in [5, 5.41) is 11.3. The van der Waals surface area contributed by atoms with E-state index < -0.39 is 0 Å². The van der Waals surface area contributed by atoms with Gasteiger partial charge in [0.1, 0.15) is 5.82 Å². The fraction of sp³-hybridized carbons (Fsp3) is 0.250. The lowest BCUT2D eigenvalue weighted by Crippen LogP contribution is -2.25. The molecule has 0 fully saturated rings. The van der Waals surface area contributed by atoms with Crippen molar-refractivity contribution in [3.8, 4) is 11.3 Å². The molecule has 2 aromatic heterocycles. The molecule has 1 atom stereocenters. The zero-order chi connectivity index (χ0) is 12.1. The number of rotatable bonds is 4. The second-order valence-electron chi connectivity index (χ2n) is 3.90. The van der Waals surface area contributed by atoms with Gasteiger partial charge >= 0.3 is 0 Å². The van der Waals surface area contributed by atoms with E-state index >= 15 is 0 Å². The van der Waals surface area contributed by atoms with E-state index in [4.69, 9.17) is 5.73 Å². The highest BCUT2D eigenvalue weighted by Gasteiger charge is 2.01. The Morgan fingerprint density at radius 2 is 1.94 bits per heavy atom. The van der Waals surface area contributed by atoms with Crippen molar-refractivity contribution in [3.05, 3.63) is 36.7 Å². The largest absolute Gasteiger partial charge is 0.367 e. The number of nitrogens with two attached hydrogens (primary N) is 1. The average Bonchev–Trinajstić information content (AvgIpc) is 2.38. The van der Waals surface area contributed by atoms with E-state index in [-0.39, 0.29) is 6.04 Å². The summed E-state index contributed by atoms with van der Waals surface area (Å²) in [6.45, 7) is 2.62. The lowest BCUT2D eigenvalue weighted by atomic mass is 10.2. The first-order valence-corrected chi connectivity index (χ1v) is 5.49. The SMILES string of the molecule is CC(N)CNc1ccc(-c2ccncc2)nn1. The van der Waals surface area contributed by atoms with E-state index in [1.165, 1.54) is 0 Å². The van der Waals surface area contributed by atoms with Gasteiger partial charge in [-0.05, 0) is 31.2 Å². The molecule has 0 aliphatic heterocycles. The summed E-state index contributed by atoms with van der Waals surface area (Å²) >= 11 is 0. The van der Waals surface area contributed by atoms with E-state index in [1.54, 1.807) is 12.4 Å². The summed E-state index contributed by atoms with van der Waals surface area (Å²) in [6.07, 6.45) is 3.47. The maximum Gasteiger partial charge on any atom is 0.148 e. The molecule has 3 N–H and O–H groups in total. The Morgan fingerprint density at radius 3 is 2.53 bits per heavy atom. The predicted molar refractivity (Wildman–Crippen MR) is 67.4 cm³/mol. The van der Waals surface area contributed by atoms with Crippen LogP contribution in [0.4, 0.5) is 5.82 Å². The summed E-state index contributed by atoms with van der Waals surface area (Å²) in [5.74, 6) is 0.736. The van der Waals surface area contributed by atoms with E-state index in [0.29, 0.717) is 6.54 Å². The lowest BCUT2D eigenvalue weighted by Gasteiger charge is -2.07. The van der Waals surface area contributed by atoms with Crippen LogP contribution in [0.2, 0.25) is 0 Å². The van der Waals surface area contributed by atoms with Crippen LogP contribution in [0.5, 0.6) is 0 Å². The molecule has 0 saturated heterocycles. The molecule has 0 bridgehead atoms. The molecule has 0 aliphatic rings. The molecule has 0 amide bonds. The maximum atomic E-state index is 5.64. The minimum Gasteiger partial charge on any atom is -0.367 e. The van der Waals surface area contributed by atoms with E-state index in [9.17, 15) is 0 Å². The predicted octanol–water partition coefficient (Wildman–Crippen LogP) is 1.30. The Kier molecular flexibility index (Phi) is 3.62. The number of nitrogens with one attached hydrogen (secondary N) is 1. The standard InChI is InChI=1S/C12H15N5/c1-9(13)8-15-12-3-2-11(16-17-12)10-4-6-14-7-5-10/h2-7,9H,8,13H2,1H3,(H,15,17). The molecule has 5 nitrogen and oxygen atoms in total. The Bertz CT molecular complexity index is 452. The van der Waals surface area contributed by atoms with Crippen molar-refractivity contribution in [2.75, 3.05) is 11.9 Å². The van der Waals surface area contributed by atoms with Crippen molar-refractivity contribution in [3.63, 3.8) is 0 Å². The van der Waals surface area contributed by atoms with Crippen LogP contribution < -0.4 is 11.1 Å². The Labute approximate surface area is 100 Å². The molecular formula is C12H15N5. The fourth-order valence-electron chi connectivity index (χ4n) is 1.37. The molecule has 17 heavy (non-hydrogen) atoms. The van der Waals surface area contributed by atoms with Crippen molar-refractivity contribution in [1.29, 1.82) is 0 Å². The van der Waals surface area contributed by atoms with Gasteiger partial charge in [0.05, 0.1) is 5.69 Å². The minimum atomic E-state index is 0.0941. The van der Waals surface area contributed by atoms with Crippen LogP contribution in [0.3, 0.4) is 0 Å². The summed E-state index contributed by atoms with van der Waals surface area (Å²) in [4.78, 5) is 3.96. The van der Waals surface area contributed by atoms with Crippen LogP contribution >= 0.6 is 0 Å². The van der Waals surface area contributed by atoms with E-state index in [1.807, 2.05) is 31.2 Å². The van der Waals surface area contributed by atoms with E-state index in [0.717, 1.165) is 17.1 Å². The van der Waals surface area contributed by atoms with Crippen LogP contribution in [-0.2, 0) is 0 Å². The number of hydrogen-bond donors (Lipinski definition) is 2. The normalized spacial score (nSPS) is 12.1. The number of nitrogens with zero attached hydrogens (tertiary/aromatic N) is 3. The molecule has 1 unspecified atom stereocenters. The summed E-state index contributed by atoms with van der Waals surface area (Å²) in [7, 11) is 0. The van der Waals surface area contributed by atoms with Gasteiger partial charge in [0.2, 0.25) is 0 Å². The lowest BCUT2D eigenvalue weighted by molar-refractivity contribution is 0.775. The van der Waals surface area contributed by atoms with Gasteiger partial charge in [-0.3, -0.25) is 4.98 Å². The topological polar surface area (TPSA) is 76.7 Å². The van der Waals surface area contributed by atoms with Crippen LogP contribution in [0.15, 0.2) is 36.7 Å². The van der Waals surface area contributed by atoms with Gasteiger partial charge in [0, 0.05) is 30.5 Å². The van der Waals surface area contributed by atoms with Gasteiger partial charge < -0.3 is 11.1 Å². The smallest absolute Gasteiger partial charge is 0.148 e. The number of pyridine rings is 1. The molecule has 5 heteroatoms. The number of anilines is 1. The quantitative estimate of drug-likeness (QED) is 0.826. The summed E-state index contributed by atoms with van der Waals surface area (Å²) < 4.78 is 0. The molecule has 0 saturated carbocycles. The Balaban J connectivity index is 2.08. The Morgan fingerprint density at radius 1 is 1.18 bits per heavy atom. The fourth-order valence-corrected chi connectivity index (χ4v) is 1.37. The van der Waals surface area contributed by atoms with Gasteiger partial charge in [0.25, 0.3) is 0 Å². The van der Waals surface area contributed by atoms with Gasteiger partial charge in [-0.1, -0.05) is 0 Å². The number of aromatic nitrogens is 3. The Hall–Kier alpha value is -2.01. The summed E-state index contributed by atoms with van der Waals surface area (Å²) in [6, 6.07) is 7.71.